The third kappa shape index (κ3) is 3.18. The minimum absolute atomic E-state index is 0.178. The molecule has 11 heavy (non-hydrogen) atoms. The van der Waals surface area contributed by atoms with Crippen LogP contribution in [0.1, 0.15) is 19.8 Å². The highest BCUT2D eigenvalue weighted by Gasteiger charge is 2.17. The van der Waals surface area contributed by atoms with Crippen molar-refractivity contribution in [2.75, 3.05) is 19.6 Å². The topological polar surface area (TPSA) is 43.7 Å². The molecule has 0 aliphatic carbocycles. The second-order valence-electron chi connectivity index (χ2n) is 3.40. The molecular weight excluding hydrogens is 142 g/mol. The zero-order valence-corrected chi connectivity index (χ0v) is 7.03. The summed E-state index contributed by atoms with van der Waals surface area (Å²) in [5.41, 5.74) is 0. The Morgan fingerprint density at radius 3 is 2.91 bits per heavy atom. The summed E-state index contributed by atoms with van der Waals surface area (Å²) in [4.78, 5) is 2.11. The second-order valence-corrected chi connectivity index (χ2v) is 3.40. The number of aliphatic hydroxyl groups excluding tert-OH is 2. The molecule has 0 bridgehead atoms. The number of β-amino-alcohol motifs (C(OH)–C–C–N with tert-alkyl or cyclic N) is 2. The molecule has 2 N–H and O–H groups in total. The van der Waals surface area contributed by atoms with Gasteiger partial charge in [-0.1, -0.05) is 0 Å². The molecule has 1 aliphatic heterocycles. The van der Waals surface area contributed by atoms with Gasteiger partial charge in [0.1, 0.15) is 0 Å². The van der Waals surface area contributed by atoms with Crippen LogP contribution in [0.2, 0.25) is 0 Å². The summed E-state index contributed by atoms with van der Waals surface area (Å²) >= 11 is 0. The quantitative estimate of drug-likeness (QED) is 0.587. The molecule has 0 saturated carbocycles. The highest BCUT2D eigenvalue weighted by Crippen LogP contribution is 2.09. The predicted octanol–water partition coefficient (Wildman–Crippen LogP) is -0.176. The van der Waals surface area contributed by atoms with Gasteiger partial charge < -0.3 is 10.2 Å². The Bertz CT molecular complexity index is 115. The fourth-order valence-electron chi connectivity index (χ4n) is 1.57. The molecule has 1 heterocycles. The van der Waals surface area contributed by atoms with Gasteiger partial charge in [0.2, 0.25) is 0 Å². The zero-order chi connectivity index (χ0) is 8.27. The molecular formula is C8H17NO2. The monoisotopic (exact) mass is 159 g/mol. The van der Waals surface area contributed by atoms with E-state index in [-0.39, 0.29) is 12.2 Å². The molecule has 1 rings (SSSR count). The van der Waals surface area contributed by atoms with Gasteiger partial charge in [0, 0.05) is 13.1 Å². The second kappa shape index (κ2) is 4.04. The van der Waals surface area contributed by atoms with Crippen LogP contribution in [0.25, 0.3) is 0 Å². The highest BCUT2D eigenvalue weighted by atomic mass is 16.3. The number of hydrogen-bond donors (Lipinski definition) is 2. The Morgan fingerprint density at radius 1 is 1.64 bits per heavy atom. The maximum Gasteiger partial charge on any atom is 0.0667 e. The Hall–Kier alpha value is -0.120. The van der Waals surface area contributed by atoms with Crippen molar-refractivity contribution in [3.05, 3.63) is 0 Å². The van der Waals surface area contributed by atoms with Gasteiger partial charge >= 0.3 is 0 Å². The van der Waals surface area contributed by atoms with E-state index in [9.17, 15) is 5.11 Å². The minimum atomic E-state index is -0.278. The van der Waals surface area contributed by atoms with E-state index >= 15 is 0 Å². The molecule has 66 valence electrons. The van der Waals surface area contributed by atoms with Gasteiger partial charge in [-0.2, -0.15) is 0 Å². The minimum Gasteiger partial charge on any atom is -0.392 e. The van der Waals surface area contributed by atoms with E-state index < -0.39 is 0 Å². The fourth-order valence-corrected chi connectivity index (χ4v) is 1.57. The number of likely N-dealkylation sites (tertiary alicyclic amines) is 1. The third-order valence-corrected chi connectivity index (χ3v) is 2.00. The first-order valence-electron chi connectivity index (χ1n) is 4.27. The van der Waals surface area contributed by atoms with Gasteiger partial charge in [0.25, 0.3) is 0 Å². The predicted molar refractivity (Wildman–Crippen MR) is 43.4 cm³/mol. The molecule has 0 amide bonds. The fraction of sp³-hybridized carbons (Fsp3) is 1.00. The van der Waals surface area contributed by atoms with Crippen molar-refractivity contribution in [2.24, 2.45) is 0 Å². The summed E-state index contributed by atoms with van der Waals surface area (Å²) in [5.74, 6) is 0. The van der Waals surface area contributed by atoms with Crippen LogP contribution in [-0.4, -0.2) is 47.0 Å². The lowest BCUT2D eigenvalue weighted by atomic mass is 10.1. The summed E-state index contributed by atoms with van der Waals surface area (Å²) < 4.78 is 0. The van der Waals surface area contributed by atoms with Crippen LogP contribution in [0.3, 0.4) is 0 Å². The first kappa shape index (κ1) is 8.97. The van der Waals surface area contributed by atoms with E-state index in [4.69, 9.17) is 5.11 Å². The van der Waals surface area contributed by atoms with Gasteiger partial charge in [-0.25, -0.2) is 0 Å². The molecule has 3 heteroatoms. The van der Waals surface area contributed by atoms with Crippen LogP contribution >= 0.6 is 0 Å². The van der Waals surface area contributed by atoms with Crippen molar-refractivity contribution >= 4 is 0 Å². The Balaban J connectivity index is 2.23. The van der Waals surface area contributed by atoms with E-state index in [0.29, 0.717) is 6.54 Å². The molecule has 3 nitrogen and oxygen atoms in total. The molecule has 0 aromatic rings. The van der Waals surface area contributed by atoms with Crippen LogP contribution < -0.4 is 0 Å². The Kier molecular flexibility index (Phi) is 3.30. The number of rotatable bonds is 2. The Morgan fingerprint density at radius 2 is 2.36 bits per heavy atom. The number of nitrogens with zero attached hydrogens (tertiary/aromatic N) is 1. The smallest absolute Gasteiger partial charge is 0.0667 e. The van der Waals surface area contributed by atoms with Crippen molar-refractivity contribution in [1.82, 2.24) is 4.90 Å². The maximum atomic E-state index is 9.27. The zero-order valence-electron chi connectivity index (χ0n) is 7.03. The van der Waals surface area contributed by atoms with E-state index in [1.54, 1.807) is 6.92 Å². The first-order chi connectivity index (χ1) is 5.18. The van der Waals surface area contributed by atoms with Crippen molar-refractivity contribution < 1.29 is 10.2 Å². The summed E-state index contributed by atoms with van der Waals surface area (Å²) in [6.07, 6.45) is 1.51. The molecule has 0 spiro atoms. The molecule has 2 atom stereocenters. The standard InChI is InChI=1S/C8H17NO2/c1-7(10)5-9-4-2-3-8(11)6-9/h7-8,10-11H,2-6H2,1H3. The van der Waals surface area contributed by atoms with E-state index in [0.717, 1.165) is 25.9 Å². The van der Waals surface area contributed by atoms with Gasteiger partial charge in [0.15, 0.2) is 0 Å². The molecule has 2 unspecified atom stereocenters. The van der Waals surface area contributed by atoms with Gasteiger partial charge in [-0.3, -0.25) is 4.90 Å². The molecule has 1 fully saturated rings. The summed E-state index contributed by atoms with van der Waals surface area (Å²) in [6, 6.07) is 0. The van der Waals surface area contributed by atoms with Gasteiger partial charge in [0.05, 0.1) is 12.2 Å². The van der Waals surface area contributed by atoms with E-state index in [1.165, 1.54) is 0 Å². The van der Waals surface area contributed by atoms with Gasteiger partial charge in [-0.05, 0) is 26.3 Å². The lowest BCUT2D eigenvalue weighted by Gasteiger charge is -2.30. The van der Waals surface area contributed by atoms with Crippen molar-refractivity contribution in [1.29, 1.82) is 0 Å². The number of hydrogen-bond acceptors (Lipinski definition) is 3. The molecule has 1 aliphatic rings. The first-order valence-corrected chi connectivity index (χ1v) is 4.27. The Labute approximate surface area is 67.6 Å². The SMILES string of the molecule is CC(O)CN1CCCC(O)C1. The van der Waals surface area contributed by atoms with Gasteiger partial charge in [-0.15, -0.1) is 0 Å². The average molecular weight is 159 g/mol. The van der Waals surface area contributed by atoms with Crippen LogP contribution in [-0.2, 0) is 0 Å². The van der Waals surface area contributed by atoms with Crippen LogP contribution in [0.4, 0.5) is 0 Å². The summed E-state index contributed by atoms with van der Waals surface area (Å²) in [7, 11) is 0. The lowest BCUT2D eigenvalue weighted by Crippen LogP contribution is -2.41. The molecule has 0 aromatic heterocycles. The average Bonchev–Trinajstić information content (AvgIpc) is 1.85. The normalized spacial score (nSPS) is 30.3. The third-order valence-electron chi connectivity index (χ3n) is 2.00. The molecule has 0 aromatic carbocycles. The van der Waals surface area contributed by atoms with Crippen molar-refractivity contribution in [3.8, 4) is 0 Å². The molecule has 1 saturated heterocycles. The van der Waals surface area contributed by atoms with Crippen molar-refractivity contribution in [2.45, 2.75) is 32.0 Å². The van der Waals surface area contributed by atoms with E-state index in [2.05, 4.69) is 4.90 Å². The molecule has 0 radical (unpaired) electrons. The van der Waals surface area contributed by atoms with E-state index in [1.807, 2.05) is 0 Å². The highest BCUT2D eigenvalue weighted by molar-refractivity contribution is 4.72. The van der Waals surface area contributed by atoms with Crippen molar-refractivity contribution in [3.63, 3.8) is 0 Å². The van der Waals surface area contributed by atoms with Crippen LogP contribution in [0.15, 0.2) is 0 Å². The van der Waals surface area contributed by atoms with Crippen LogP contribution in [0, 0.1) is 0 Å². The summed E-state index contributed by atoms with van der Waals surface area (Å²) in [5, 5.41) is 18.3. The lowest BCUT2D eigenvalue weighted by molar-refractivity contribution is 0.0442. The largest absolute Gasteiger partial charge is 0.392 e. The van der Waals surface area contributed by atoms with Crippen LogP contribution in [0.5, 0.6) is 0 Å². The number of aliphatic hydroxyl groups is 2. The maximum absolute atomic E-state index is 9.27. The summed E-state index contributed by atoms with van der Waals surface area (Å²) in [6.45, 7) is 4.21. The number of piperidine rings is 1.